The Morgan fingerprint density at radius 2 is 1.67 bits per heavy atom. The molecule has 2 bridgehead atoms. The Hall–Kier alpha value is -3.57. The van der Waals surface area contributed by atoms with E-state index in [-0.39, 0.29) is 34.7 Å². The number of hydrogen-bond acceptors (Lipinski definition) is 3. The summed E-state index contributed by atoms with van der Waals surface area (Å²) < 4.78 is 5.99. The van der Waals surface area contributed by atoms with Crippen molar-refractivity contribution in [3.63, 3.8) is 0 Å². The number of carboxylic acids is 1. The predicted octanol–water partition coefficient (Wildman–Crippen LogP) is 7.00. The van der Waals surface area contributed by atoms with Crippen molar-refractivity contribution in [3.05, 3.63) is 100 Å². The van der Waals surface area contributed by atoms with Crippen molar-refractivity contribution in [2.45, 2.75) is 43.7 Å². The molecule has 182 valence electrons. The van der Waals surface area contributed by atoms with Crippen LogP contribution in [0.5, 0.6) is 0 Å². The van der Waals surface area contributed by atoms with Gasteiger partial charge in [-0.25, -0.2) is 9.59 Å². The van der Waals surface area contributed by atoms with Gasteiger partial charge in [0.25, 0.3) is 0 Å². The molecule has 2 unspecified atom stereocenters. The molecule has 1 aliphatic carbocycles. The molecule has 2 aliphatic heterocycles. The summed E-state index contributed by atoms with van der Waals surface area (Å²) >= 11 is 6.07. The number of amides is 1. The fourth-order valence-corrected chi connectivity index (χ4v) is 6.28. The van der Waals surface area contributed by atoms with E-state index in [1.807, 2.05) is 35.2 Å². The van der Waals surface area contributed by atoms with Gasteiger partial charge in [0.2, 0.25) is 0 Å². The van der Waals surface area contributed by atoms with Crippen molar-refractivity contribution < 1.29 is 19.4 Å². The summed E-state index contributed by atoms with van der Waals surface area (Å²) in [7, 11) is 0. The second-order valence-electron chi connectivity index (χ2n) is 9.76. The van der Waals surface area contributed by atoms with Crippen molar-refractivity contribution in [3.8, 4) is 11.1 Å². The molecule has 36 heavy (non-hydrogen) atoms. The predicted molar refractivity (Wildman–Crippen MR) is 139 cm³/mol. The molecular formula is C30H26ClNO4. The third-order valence-corrected chi connectivity index (χ3v) is 8.08. The number of carbonyl (C=O) groups excluding carboxylic acids is 1. The van der Waals surface area contributed by atoms with Crippen LogP contribution in [-0.4, -0.2) is 40.8 Å². The van der Waals surface area contributed by atoms with Gasteiger partial charge < -0.3 is 9.84 Å². The fraction of sp³-hybridized carbons (Fsp3) is 0.267. The van der Waals surface area contributed by atoms with Crippen molar-refractivity contribution in [1.82, 2.24) is 4.90 Å². The van der Waals surface area contributed by atoms with Crippen LogP contribution < -0.4 is 0 Å². The molecule has 1 N–H and O–H groups in total. The first-order valence-electron chi connectivity index (χ1n) is 12.4. The first-order valence-corrected chi connectivity index (χ1v) is 12.8. The minimum atomic E-state index is -1.04. The Morgan fingerprint density at radius 3 is 2.33 bits per heavy atom. The van der Waals surface area contributed by atoms with Crippen LogP contribution in [0.4, 0.5) is 4.79 Å². The summed E-state index contributed by atoms with van der Waals surface area (Å²) in [5, 5.41) is 9.69. The number of benzene rings is 3. The molecule has 3 aromatic carbocycles. The molecule has 5 nitrogen and oxygen atoms in total. The highest BCUT2D eigenvalue weighted by Gasteiger charge is 2.39. The van der Waals surface area contributed by atoms with Crippen LogP contribution in [0.3, 0.4) is 0 Å². The van der Waals surface area contributed by atoms with Crippen molar-refractivity contribution in [1.29, 1.82) is 0 Å². The van der Waals surface area contributed by atoms with E-state index in [0.717, 1.165) is 30.4 Å². The number of ether oxygens (including phenoxy) is 1. The largest absolute Gasteiger partial charge is 0.478 e. The van der Waals surface area contributed by atoms with Gasteiger partial charge in [-0.2, -0.15) is 0 Å². The third-order valence-electron chi connectivity index (χ3n) is 7.75. The monoisotopic (exact) mass is 499 g/mol. The second-order valence-corrected chi connectivity index (χ2v) is 10.2. The number of hydrogen-bond donors (Lipinski definition) is 1. The van der Waals surface area contributed by atoms with Crippen LogP contribution in [0, 0.1) is 0 Å². The highest BCUT2D eigenvalue weighted by Crippen LogP contribution is 2.45. The summed E-state index contributed by atoms with van der Waals surface area (Å²) in [5.41, 5.74) is 6.82. The van der Waals surface area contributed by atoms with Crippen molar-refractivity contribution in [2.75, 3.05) is 6.61 Å². The lowest BCUT2D eigenvalue weighted by Gasteiger charge is -2.44. The molecule has 0 spiro atoms. The maximum atomic E-state index is 13.4. The van der Waals surface area contributed by atoms with E-state index in [2.05, 4.69) is 30.3 Å². The SMILES string of the molecule is O=C(O)c1cc(C2=CC3CCCC(C2)N3C(=O)OCC2c3ccccc3-c3ccccc32)ccc1Cl. The maximum Gasteiger partial charge on any atom is 0.410 e. The highest BCUT2D eigenvalue weighted by molar-refractivity contribution is 6.33. The normalized spacial score (nSPS) is 20.4. The number of nitrogens with zero attached hydrogens (tertiary/aromatic N) is 1. The average Bonchev–Trinajstić information content (AvgIpc) is 3.20. The molecule has 3 aliphatic rings. The maximum absolute atomic E-state index is 13.4. The summed E-state index contributed by atoms with van der Waals surface area (Å²) in [6, 6.07) is 21.8. The Balaban J connectivity index is 1.22. The van der Waals surface area contributed by atoms with Gasteiger partial charge in [-0.05, 0) is 71.2 Å². The lowest BCUT2D eigenvalue weighted by Crippen LogP contribution is -2.51. The van der Waals surface area contributed by atoms with Crippen LogP contribution in [-0.2, 0) is 4.74 Å². The Kier molecular flexibility index (Phi) is 5.81. The Labute approximate surface area is 215 Å². The number of carbonyl (C=O) groups is 2. The minimum absolute atomic E-state index is 0.0283. The van der Waals surface area contributed by atoms with E-state index in [9.17, 15) is 14.7 Å². The molecule has 0 radical (unpaired) electrons. The van der Waals surface area contributed by atoms with Gasteiger partial charge >= 0.3 is 12.1 Å². The zero-order chi connectivity index (χ0) is 24.8. The molecule has 1 fully saturated rings. The highest BCUT2D eigenvalue weighted by atomic mass is 35.5. The van der Waals surface area contributed by atoms with Gasteiger partial charge in [0.05, 0.1) is 16.6 Å². The van der Waals surface area contributed by atoms with Crippen molar-refractivity contribution >= 4 is 29.2 Å². The molecule has 3 aromatic rings. The molecule has 2 heterocycles. The summed E-state index contributed by atoms with van der Waals surface area (Å²) in [6.45, 7) is 0.304. The van der Waals surface area contributed by atoms with Crippen LogP contribution in [0.15, 0.2) is 72.8 Å². The standard InChI is InChI=1S/C30H26ClNO4/c31-28-13-12-18(16-26(28)29(33)34)19-14-20-6-5-7-21(15-19)32(20)30(35)36-17-27-24-10-3-1-8-22(24)23-9-2-4-11-25(23)27/h1-4,8-14,16,20-21,27H,5-7,15,17H2,(H,33,34). The minimum Gasteiger partial charge on any atom is -0.478 e. The van der Waals surface area contributed by atoms with Crippen LogP contribution in [0.2, 0.25) is 5.02 Å². The van der Waals surface area contributed by atoms with Crippen molar-refractivity contribution in [2.24, 2.45) is 0 Å². The average molecular weight is 500 g/mol. The summed E-state index contributed by atoms with van der Waals surface area (Å²) in [5.74, 6) is -1.01. The third kappa shape index (κ3) is 3.88. The molecular weight excluding hydrogens is 474 g/mol. The summed E-state index contributed by atoms with van der Waals surface area (Å²) in [6.07, 6.45) is 5.31. The number of rotatable bonds is 4. The van der Waals surface area contributed by atoms with E-state index >= 15 is 0 Å². The zero-order valence-corrected chi connectivity index (χ0v) is 20.4. The summed E-state index contributed by atoms with van der Waals surface area (Å²) in [4.78, 5) is 26.9. The van der Waals surface area contributed by atoms with Gasteiger partial charge in [-0.1, -0.05) is 72.3 Å². The van der Waals surface area contributed by atoms with E-state index < -0.39 is 5.97 Å². The van der Waals surface area contributed by atoms with Gasteiger partial charge in [-0.15, -0.1) is 0 Å². The first-order chi connectivity index (χ1) is 17.5. The number of fused-ring (bicyclic) bond motifs is 5. The number of piperidine rings is 1. The molecule has 0 aromatic heterocycles. The van der Waals surface area contributed by atoms with Gasteiger partial charge in [0.15, 0.2) is 0 Å². The van der Waals surface area contributed by atoms with Crippen LogP contribution >= 0.6 is 11.6 Å². The second kappa shape index (κ2) is 9.14. The molecule has 2 atom stereocenters. The topological polar surface area (TPSA) is 66.8 Å². The van der Waals surface area contributed by atoms with Gasteiger partial charge in [0, 0.05) is 12.0 Å². The van der Waals surface area contributed by atoms with E-state index in [4.69, 9.17) is 16.3 Å². The van der Waals surface area contributed by atoms with Crippen LogP contribution in [0.25, 0.3) is 16.7 Å². The molecule has 6 rings (SSSR count). The molecule has 1 saturated heterocycles. The lowest BCUT2D eigenvalue weighted by molar-refractivity contribution is 0.0538. The Bertz CT molecular complexity index is 1350. The molecule has 1 amide bonds. The van der Waals surface area contributed by atoms with Gasteiger partial charge in [0.1, 0.15) is 6.61 Å². The van der Waals surface area contributed by atoms with Gasteiger partial charge in [-0.3, -0.25) is 4.90 Å². The van der Waals surface area contributed by atoms with E-state index in [1.54, 1.807) is 12.1 Å². The quantitative estimate of drug-likeness (QED) is 0.419. The smallest absolute Gasteiger partial charge is 0.410 e. The molecule has 6 heteroatoms. The van der Waals surface area contributed by atoms with Crippen LogP contribution in [0.1, 0.15) is 58.6 Å². The Morgan fingerprint density at radius 1 is 0.972 bits per heavy atom. The number of aromatic carboxylic acids is 1. The number of carboxylic acid groups (broad SMARTS) is 1. The fourth-order valence-electron chi connectivity index (χ4n) is 6.09. The molecule has 0 saturated carbocycles. The zero-order valence-electron chi connectivity index (χ0n) is 19.7. The number of halogens is 1. The lowest BCUT2D eigenvalue weighted by atomic mass is 9.83. The van der Waals surface area contributed by atoms with E-state index in [1.165, 1.54) is 22.3 Å². The first kappa shape index (κ1) is 22.9. The van der Waals surface area contributed by atoms with E-state index in [0.29, 0.717) is 13.0 Å².